The molecule has 124 valence electrons. The average Bonchev–Trinajstić information content (AvgIpc) is 2.45. The Morgan fingerprint density at radius 2 is 1.65 bits per heavy atom. The zero-order valence-electron chi connectivity index (χ0n) is 14.3. The fourth-order valence-corrected chi connectivity index (χ4v) is 2.54. The summed E-state index contributed by atoms with van der Waals surface area (Å²) in [5, 5.41) is 0. The van der Waals surface area contributed by atoms with Gasteiger partial charge in [0.05, 0.1) is 0 Å². The fraction of sp³-hybridized carbons (Fsp3) is 0.444. The molecule has 0 aliphatic carbocycles. The van der Waals surface area contributed by atoms with E-state index in [-0.39, 0.29) is 5.57 Å². The molecule has 1 aromatic carbocycles. The van der Waals surface area contributed by atoms with Crippen molar-refractivity contribution in [3.63, 3.8) is 0 Å². The van der Waals surface area contributed by atoms with Gasteiger partial charge in [-0.05, 0) is 50.1 Å². The van der Waals surface area contributed by atoms with Crippen molar-refractivity contribution in [3.8, 4) is 0 Å². The van der Waals surface area contributed by atoms with E-state index in [0.29, 0.717) is 0 Å². The number of nitrogens with zero attached hydrogens (tertiary/aromatic N) is 1. The molecule has 1 saturated heterocycles. The highest BCUT2D eigenvalue weighted by molar-refractivity contribution is 6.18. The molecule has 1 heterocycles. The first-order valence-electron chi connectivity index (χ1n) is 7.81. The summed E-state index contributed by atoms with van der Waals surface area (Å²) >= 11 is 0. The minimum absolute atomic E-state index is 0.0805. The Morgan fingerprint density at radius 1 is 1.09 bits per heavy atom. The zero-order chi connectivity index (χ0) is 17.2. The lowest BCUT2D eigenvalue weighted by Gasteiger charge is -2.29. The van der Waals surface area contributed by atoms with Crippen molar-refractivity contribution in [2.45, 2.75) is 40.4 Å². The van der Waals surface area contributed by atoms with Crippen LogP contribution in [0.15, 0.2) is 23.8 Å². The summed E-state index contributed by atoms with van der Waals surface area (Å²) in [6, 6.07) is 5.93. The van der Waals surface area contributed by atoms with E-state index in [1.807, 2.05) is 25.1 Å². The molecule has 1 aliphatic rings. The van der Waals surface area contributed by atoms with E-state index < -0.39 is 17.7 Å². The molecule has 0 amide bonds. The van der Waals surface area contributed by atoms with Gasteiger partial charge in [0.15, 0.2) is 0 Å². The standard InChI is InChI=1S/C18H23NO4/c1-6-19(7-2)14-9-8-13(12(3)10-14)11-15-16(20)22-18(4,5)23-17(15)21/h8-11H,6-7H2,1-5H3. The smallest absolute Gasteiger partial charge is 0.348 e. The van der Waals surface area contributed by atoms with Crippen molar-refractivity contribution >= 4 is 23.7 Å². The molecule has 1 aliphatic heterocycles. The number of benzene rings is 1. The maximum Gasteiger partial charge on any atom is 0.348 e. The number of hydrogen-bond acceptors (Lipinski definition) is 5. The van der Waals surface area contributed by atoms with E-state index >= 15 is 0 Å². The Labute approximate surface area is 136 Å². The summed E-state index contributed by atoms with van der Waals surface area (Å²) in [4.78, 5) is 26.2. The van der Waals surface area contributed by atoms with Crippen LogP contribution in [0, 0.1) is 6.92 Å². The number of rotatable bonds is 4. The lowest BCUT2D eigenvalue weighted by Crippen LogP contribution is -2.41. The molecule has 0 unspecified atom stereocenters. The largest absolute Gasteiger partial charge is 0.419 e. The summed E-state index contributed by atoms with van der Waals surface area (Å²) in [5.41, 5.74) is 2.81. The molecule has 0 radical (unpaired) electrons. The van der Waals surface area contributed by atoms with Crippen molar-refractivity contribution in [3.05, 3.63) is 34.9 Å². The van der Waals surface area contributed by atoms with E-state index in [9.17, 15) is 9.59 Å². The predicted molar refractivity (Wildman–Crippen MR) is 89.0 cm³/mol. The van der Waals surface area contributed by atoms with Crippen LogP contribution in [0.4, 0.5) is 5.69 Å². The molecule has 1 fully saturated rings. The van der Waals surface area contributed by atoms with Gasteiger partial charge in [0.1, 0.15) is 5.57 Å². The van der Waals surface area contributed by atoms with Gasteiger partial charge in [-0.1, -0.05) is 6.07 Å². The van der Waals surface area contributed by atoms with Crippen LogP contribution in [0.5, 0.6) is 0 Å². The van der Waals surface area contributed by atoms with E-state index in [4.69, 9.17) is 9.47 Å². The van der Waals surface area contributed by atoms with Crippen LogP contribution in [0.25, 0.3) is 6.08 Å². The molecule has 0 N–H and O–H groups in total. The Kier molecular flexibility index (Phi) is 4.78. The number of esters is 2. The second-order valence-corrected chi connectivity index (χ2v) is 5.95. The number of ether oxygens (including phenoxy) is 2. The monoisotopic (exact) mass is 317 g/mol. The van der Waals surface area contributed by atoms with Gasteiger partial charge in [0, 0.05) is 32.6 Å². The van der Waals surface area contributed by atoms with Crippen molar-refractivity contribution in [1.29, 1.82) is 0 Å². The third-order valence-electron chi connectivity index (χ3n) is 3.80. The minimum atomic E-state index is -1.22. The summed E-state index contributed by atoms with van der Waals surface area (Å²) in [6.07, 6.45) is 1.53. The number of carbonyl (C=O) groups is 2. The first-order chi connectivity index (χ1) is 10.8. The summed E-state index contributed by atoms with van der Waals surface area (Å²) in [5.74, 6) is -2.52. The maximum atomic E-state index is 12.0. The Bertz CT molecular complexity index is 635. The molecule has 0 bridgehead atoms. The van der Waals surface area contributed by atoms with Crippen LogP contribution in [0.1, 0.15) is 38.8 Å². The maximum absolute atomic E-state index is 12.0. The second kappa shape index (κ2) is 6.44. The summed E-state index contributed by atoms with van der Waals surface area (Å²) < 4.78 is 10.2. The number of cyclic esters (lactones) is 2. The molecule has 5 nitrogen and oxygen atoms in total. The van der Waals surface area contributed by atoms with Crippen molar-refractivity contribution in [2.75, 3.05) is 18.0 Å². The van der Waals surface area contributed by atoms with Gasteiger partial charge in [0.25, 0.3) is 5.79 Å². The number of anilines is 1. The predicted octanol–water partition coefficient (Wildman–Crippen LogP) is 3.06. The Balaban J connectivity index is 2.33. The number of aryl methyl sites for hydroxylation is 1. The Morgan fingerprint density at radius 3 is 2.13 bits per heavy atom. The van der Waals surface area contributed by atoms with Crippen molar-refractivity contribution in [1.82, 2.24) is 0 Å². The Hall–Kier alpha value is -2.30. The summed E-state index contributed by atoms with van der Waals surface area (Å²) in [7, 11) is 0. The lowest BCUT2D eigenvalue weighted by atomic mass is 10.0. The minimum Gasteiger partial charge on any atom is -0.419 e. The van der Waals surface area contributed by atoms with E-state index in [1.165, 1.54) is 19.9 Å². The van der Waals surface area contributed by atoms with E-state index in [1.54, 1.807) is 0 Å². The van der Waals surface area contributed by atoms with Gasteiger partial charge >= 0.3 is 11.9 Å². The molecule has 0 atom stereocenters. The van der Waals surface area contributed by atoms with Crippen LogP contribution in [0.3, 0.4) is 0 Å². The molecular weight excluding hydrogens is 294 g/mol. The first kappa shape index (κ1) is 17.1. The third-order valence-corrected chi connectivity index (χ3v) is 3.80. The molecule has 1 aromatic rings. The van der Waals surface area contributed by atoms with Crippen molar-refractivity contribution < 1.29 is 19.1 Å². The SMILES string of the molecule is CCN(CC)c1ccc(C=C2C(=O)OC(C)(C)OC2=O)c(C)c1. The quantitative estimate of drug-likeness (QED) is 0.485. The van der Waals surface area contributed by atoms with Gasteiger partial charge in [-0.2, -0.15) is 0 Å². The highest BCUT2D eigenvalue weighted by atomic mass is 16.7. The highest BCUT2D eigenvalue weighted by Gasteiger charge is 2.38. The van der Waals surface area contributed by atoms with Crippen LogP contribution < -0.4 is 4.90 Å². The molecular formula is C18H23NO4. The third kappa shape index (κ3) is 3.73. The lowest BCUT2D eigenvalue weighted by molar-refractivity contribution is -0.222. The average molecular weight is 317 g/mol. The number of carbonyl (C=O) groups excluding carboxylic acids is 2. The molecule has 5 heteroatoms. The fourth-order valence-electron chi connectivity index (χ4n) is 2.54. The van der Waals surface area contributed by atoms with Gasteiger partial charge in [-0.15, -0.1) is 0 Å². The summed E-state index contributed by atoms with van der Waals surface area (Å²) in [6.45, 7) is 11.1. The van der Waals surface area contributed by atoms with Crippen LogP contribution in [-0.2, 0) is 19.1 Å². The van der Waals surface area contributed by atoms with Gasteiger partial charge < -0.3 is 14.4 Å². The van der Waals surface area contributed by atoms with Crippen LogP contribution in [-0.4, -0.2) is 30.8 Å². The van der Waals surface area contributed by atoms with E-state index in [0.717, 1.165) is 29.9 Å². The topological polar surface area (TPSA) is 55.8 Å². The van der Waals surface area contributed by atoms with Gasteiger partial charge in [0.2, 0.25) is 0 Å². The molecule has 0 aromatic heterocycles. The molecule has 23 heavy (non-hydrogen) atoms. The first-order valence-corrected chi connectivity index (χ1v) is 7.81. The van der Waals surface area contributed by atoms with Gasteiger partial charge in [-0.3, -0.25) is 0 Å². The normalized spacial score (nSPS) is 16.7. The zero-order valence-corrected chi connectivity index (χ0v) is 14.3. The molecule has 0 spiro atoms. The highest BCUT2D eigenvalue weighted by Crippen LogP contribution is 2.26. The molecule has 0 saturated carbocycles. The van der Waals surface area contributed by atoms with Crippen LogP contribution >= 0.6 is 0 Å². The second-order valence-electron chi connectivity index (χ2n) is 5.95. The van der Waals surface area contributed by atoms with E-state index in [2.05, 4.69) is 18.7 Å². The van der Waals surface area contributed by atoms with Crippen molar-refractivity contribution in [2.24, 2.45) is 0 Å². The van der Waals surface area contributed by atoms with Gasteiger partial charge in [-0.25, -0.2) is 9.59 Å². The number of hydrogen-bond donors (Lipinski definition) is 0. The molecule has 2 rings (SSSR count). The van der Waals surface area contributed by atoms with Crippen LogP contribution in [0.2, 0.25) is 0 Å².